The zero-order valence-corrected chi connectivity index (χ0v) is 16.4. The van der Waals surface area contributed by atoms with Gasteiger partial charge in [0.1, 0.15) is 0 Å². The lowest BCUT2D eigenvalue weighted by Gasteiger charge is -2.11. The van der Waals surface area contributed by atoms with Crippen molar-refractivity contribution in [3.63, 3.8) is 0 Å². The molecule has 3 N–H and O–H groups in total. The highest BCUT2D eigenvalue weighted by Crippen LogP contribution is 2.13. The number of carbonyl (C=O) groups is 3. The van der Waals surface area contributed by atoms with Crippen LogP contribution in [0, 0.1) is 0 Å². The van der Waals surface area contributed by atoms with E-state index in [1.807, 2.05) is 24.3 Å². The summed E-state index contributed by atoms with van der Waals surface area (Å²) in [5, 5.41) is 8.41. The summed E-state index contributed by atoms with van der Waals surface area (Å²) in [6.45, 7) is 0.108. The van der Waals surface area contributed by atoms with Crippen LogP contribution in [0.1, 0.15) is 22.3 Å². The number of rotatable bonds is 8. The van der Waals surface area contributed by atoms with Gasteiger partial charge in [0, 0.05) is 44.5 Å². The quantitative estimate of drug-likeness (QED) is 0.652. The molecule has 0 saturated carbocycles. The van der Waals surface area contributed by atoms with E-state index in [1.54, 1.807) is 50.3 Å². The molecule has 0 spiro atoms. The lowest BCUT2D eigenvalue weighted by Crippen LogP contribution is -2.22. The van der Waals surface area contributed by atoms with Crippen LogP contribution >= 0.6 is 0 Å². The SMILES string of the molecule is CNC(=O)c1ccc(NC(=O)CNc2cccc(CCC(=O)N(C)C)c2)cc1. The second-order valence-electron chi connectivity index (χ2n) is 6.55. The third-order valence-electron chi connectivity index (χ3n) is 4.16. The number of benzene rings is 2. The maximum absolute atomic E-state index is 12.1. The molecule has 0 aliphatic carbocycles. The van der Waals surface area contributed by atoms with Crippen LogP contribution in [-0.4, -0.2) is 50.3 Å². The molecule has 0 aliphatic rings. The second kappa shape index (κ2) is 10.1. The second-order valence-corrected chi connectivity index (χ2v) is 6.55. The molecule has 3 amide bonds. The molecule has 148 valence electrons. The number of hydrogen-bond acceptors (Lipinski definition) is 4. The first-order chi connectivity index (χ1) is 13.4. The molecule has 2 aromatic carbocycles. The van der Waals surface area contributed by atoms with Gasteiger partial charge in [0.05, 0.1) is 6.54 Å². The standard InChI is InChI=1S/C21H26N4O3/c1-22-21(28)16-8-10-17(11-9-16)24-19(26)14-23-18-6-4-5-15(13-18)7-12-20(27)25(2)3/h4-6,8-11,13,23H,7,12,14H2,1-3H3,(H,22,28)(H,24,26). The first-order valence-corrected chi connectivity index (χ1v) is 9.04. The lowest BCUT2D eigenvalue weighted by atomic mass is 10.1. The lowest BCUT2D eigenvalue weighted by molar-refractivity contribution is -0.128. The Labute approximate surface area is 165 Å². The van der Waals surface area contributed by atoms with Crippen LogP contribution in [0.4, 0.5) is 11.4 Å². The highest BCUT2D eigenvalue weighted by Gasteiger charge is 2.07. The van der Waals surface area contributed by atoms with E-state index in [4.69, 9.17) is 0 Å². The summed E-state index contributed by atoms with van der Waals surface area (Å²) in [7, 11) is 5.05. The van der Waals surface area contributed by atoms with Crippen molar-refractivity contribution in [1.82, 2.24) is 10.2 Å². The number of nitrogens with one attached hydrogen (secondary N) is 3. The summed E-state index contributed by atoms with van der Waals surface area (Å²) in [5.41, 5.74) is 3.00. The van der Waals surface area contributed by atoms with E-state index >= 15 is 0 Å². The molecule has 0 atom stereocenters. The van der Waals surface area contributed by atoms with Gasteiger partial charge in [0.2, 0.25) is 11.8 Å². The molecule has 2 rings (SSSR count). The third kappa shape index (κ3) is 6.42. The minimum absolute atomic E-state index is 0.0835. The van der Waals surface area contributed by atoms with Crippen molar-refractivity contribution in [3.05, 3.63) is 59.7 Å². The molecule has 0 aliphatic heterocycles. The monoisotopic (exact) mass is 382 g/mol. The molecule has 7 nitrogen and oxygen atoms in total. The maximum Gasteiger partial charge on any atom is 0.251 e. The first kappa shape index (κ1) is 21.0. The summed E-state index contributed by atoms with van der Waals surface area (Å²) >= 11 is 0. The highest BCUT2D eigenvalue weighted by atomic mass is 16.2. The molecular weight excluding hydrogens is 356 g/mol. The Morgan fingerprint density at radius 2 is 1.68 bits per heavy atom. The van der Waals surface area contributed by atoms with Crippen molar-refractivity contribution >= 4 is 29.1 Å². The fourth-order valence-corrected chi connectivity index (χ4v) is 2.55. The molecular formula is C21H26N4O3. The molecule has 0 bridgehead atoms. The van der Waals surface area contributed by atoms with Gasteiger partial charge < -0.3 is 20.9 Å². The van der Waals surface area contributed by atoms with Crippen LogP contribution in [-0.2, 0) is 16.0 Å². The normalized spacial score (nSPS) is 10.1. The Morgan fingerprint density at radius 3 is 2.32 bits per heavy atom. The van der Waals surface area contributed by atoms with E-state index < -0.39 is 0 Å². The molecule has 0 unspecified atom stereocenters. The van der Waals surface area contributed by atoms with Gasteiger partial charge in [-0.1, -0.05) is 12.1 Å². The van der Waals surface area contributed by atoms with E-state index in [2.05, 4.69) is 16.0 Å². The molecule has 28 heavy (non-hydrogen) atoms. The number of carbonyl (C=O) groups excluding carboxylic acids is 3. The number of hydrogen-bond donors (Lipinski definition) is 3. The van der Waals surface area contributed by atoms with E-state index in [1.165, 1.54) is 0 Å². The molecule has 0 heterocycles. The van der Waals surface area contributed by atoms with E-state index in [-0.39, 0.29) is 24.3 Å². The van der Waals surface area contributed by atoms with Crippen molar-refractivity contribution < 1.29 is 14.4 Å². The highest BCUT2D eigenvalue weighted by molar-refractivity contribution is 5.96. The van der Waals surface area contributed by atoms with Crippen LogP contribution in [0.5, 0.6) is 0 Å². The van der Waals surface area contributed by atoms with Gasteiger partial charge >= 0.3 is 0 Å². The number of anilines is 2. The fourth-order valence-electron chi connectivity index (χ4n) is 2.55. The van der Waals surface area contributed by atoms with E-state index in [9.17, 15) is 14.4 Å². The van der Waals surface area contributed by atoms with Crippen molar-refractivity contribution in [3.8, 4) is 0 Å². The Hall–Kier alpha value is -3.35. The summed E-state index contributed by atoms with van der Waals surface area (Å²) in [6, 6.07) is 14.4. The third-order valence-corrected chi connectivity index (χ3v) is 4.16. The average Bonchev–Trinajstić information content (AvgIpc) is 2.70. The minimum Gasteiger partial charge on any atom is -0.376 e. The zero-order valence-electron chi connectivity index (χ0n) is 16.4. The van der Waals surface area contributed by atoms with Gasteiger partial charge in [0.15, 0.2) is 0 Å². The van der Waals surface area contributed by atoms with E-state index in [0.29, 0.717) is 24.1 Å². The van der Waals surface area contributed by atoms with E-state index in [0.717, 1.165) is 11.3 Å². The van der Waals surface area contributed by atoms with Gasteiger partial charge in [-0.3, -0.25) is 14.4 Å². The fraction of sp³-hybridized carbons (Fsp3) is 0.286. The Bertz CT molecular complexity index is 832. The summed E-state index contributed by atoms with van der Waals surface area (Å²) in [5.74, 6) is -0.284. The molecule has 0 radical (unpaired) electrons. The topological polar surface area (TPSA) is 90.5 Å². The summed E-state index contributed by atoms with van der Waals surface area (Å²) < 4.78 is 0. The van der Waals surface area contributed by atoms with Gasteiger partial charge in [-0.25, -0.2) is 0 Å². The molecule has 0 aromatic heterocycles. The summed E-state index contributed by atoms with van der Waals surface area (Å²) in [6.07, 6.45) is 1.10. The molecule has 0 saturated heterocycles. The predicted octanol–water partition coefficient (Wildman–Crippen LogP) is 2.12. The smallest absolute Gasteiger partial charge is 0.251 e. The predicted molar refractivity (Wildman–Crippen MR) is 110 cm³/mol. The largest absolute Gasteiger partial charge is 0.376 e. The van der Waals surface area contributed by atoms with Gasteiger partial charge in [0.25, 0.3) is 5.91 Å². The van der Waals surface area contributed by atoms with Crippen molar-refractivity contribution in [1.29, 1.82) is 0 Å². The van der Waals surface area contributed by atoms with Crippen molar-refractivity contribution in [2.45, 2.75) is 12.8 Å². The number of amides is 3. The van der Waals surface area contributed by atoms with Gasteiger partial charge in [-0.2, -0.15) is 0 Å². The molecule has 7 heteroatoms. The van der Waals surface area contributed by atoms with Crippen LogP contribution in [0.2, 0.25) is 0 Å². The van der Waals surface area contributed by atoms with Gasteiger partial charge in [-0.05, 0) is 48.4 Å². The Balaban J connectivity index is 1.84. The molecule has 0 fully saturated rings. The van der Waals surface area contributed by atoms with Crippen molar-refractivity contribution in [2.24, 2.45) is 0 Å². The van der Waals surface area contributed by atoms with Crippen molar-refractivity contribution in [2.75, 3.05) is 38.3 Å². The molecule has 2 aromatic rings. The Kier molecular flexibility index (Phi) is 7.56. The number of nitrogens with zero attached hydrogens (tertiary/aromatic N) is 1. The minimum atomic E-state index is -0.194. The maximum atomic E-state index is 12.1. The number of aryl methyl sites for hydroxylation is 1. The average molecular weight is 382 g/mol. The van der Waals surface area contributed by atoms with Crippen LogP contribution in [0.3, 0.4) is 0 Å². The van der Waals surface area contributed by atoms with Crippen LogP contribution in [0.15, 0.2) is 48.5 Å². The first-order valence-electron chi connectivity index (χ1n) is 9.04. The zero-order chi connectivity index (χ0) is 20.5. The summed E-state index contributed by atoms with van der Waals surface area (Å²) in [4.78, 5) is 36.9. The van der Waals surface area contributed by atoms with Crippen LogP contribution < -0.4 is 16.0 Å². The van der Waals surface area contributed by atoms with Crippen LogP contribution in [0.25, 0.3) is 0 Å². The Morgan fingerprint density at radius 1 is 0.964 bits per heavy atom. The van der Waals surface area contributed by atoms with Gasteiger partial charge in [-0.15, -0.1) is 0 Å².